The predicted molar refractivity (Wildman–Crippen MR) is 103 cm³/mol. The molecular formula is C20H25N3O5. The molecule has 1 aromatic carbocycles. The van der Waals surface area contributed by atoms with Gasteiger partial charge in [-0.3, -0.25) is 19.3 Å². The normalized spacial score (nSPS) is 17.5. The molecule has 1 N–H and O–H groups in total. The summed E-state index contributed by atoms with van der Waals surface area (Å²) in [5.74, 6) is -0.740. The molecule has 28 heavy (non-hydrogen) atoms. The van der Waals surface area contributed by atoms with E-state index in [0.717, 1.165) is 0 Å². The fourth-order valence-corrected chi connectivity index (χ4v) is 3.40. The van der Waals surface area contributed by atoms with Crippen molar-refractivity contribution >= 4 is 29.0 Å². The molecule has 1 aromatic rings. The van der Waals surface area contributed by atoms with Crippen LogP contribution in [0.1, 0.15) is 18.9 Å². The van der Waals surface area contributed by atoms with Crippen molar-refractivity contribution in [1.82, 2.24) is 9.80 Å². The number of rotatable bonds is 7. The van der Waals surface area contributed by atoms with Crippen molar-refractivity contribution in [3.8, 4) is 0 Å². The number of carbonyl (C=O) groups is 3. The minimum Gasteiger partial charge on any atom is -0.385 e. The van der Waals surface area contributed by atoms with E-state index in [2.05, 4.69) is 5.32 Å². The number of nitrogens with zero attached hydrogens (tertiary/aromatic N) is 2. The Balaban J connectivity index is 1.93. The van der Waals surface area contributed by atoms with Crippen molar-refractivity contribution in [1.29, 1.82) is 0 Å². The van der Waals surface area contributed by atoms with Gasteiger partial charge in [-0.05, 0) is 24.1 Å². The number of morpholine rings is 1. The van der Waals surface area contributed by atoms with Gasteiger partial charge in [-0.15, -0.1) is 0 Å². The molecule has 0 spiro atoms. The van der Waals surface area contributed by atoms with Crippen molar-refractivity contribution in [2.24, 2.45) is 0 Å². The summed E-state index contributed by atoms with van der Waals surface area (Å²) in [6.07, 6.45) is 0.582. The lowest BCUT2D eigenvalue weighted by atomic mass is 10.0. The molecule has 2 heterocycles. The van der Waals surface area contributed by atoms with E-state index in [0.29, 0.717) is 68.4 Å². The van der Waals surface area contributed by atoms with Crippen molar-refractivity contribution < 1.29 is 23.9 Å². The van der Waals surface area contributed by atoms with Crippen molar-refractivity contribution in [3.63, 3.8) is 0 Å². The molecule has 0 unspecified atom stereocenters. The number of hydrogen-bond acceptors (Lipinski definition) is 6. The average molecular weight is 387 g/mol. The number of amides is 3. The SMILES string of the molecule is COCCCN1C(=O)C(c2ccc(NC(C)=O)cc2)=C(N2CCOCC2)C1=O. The van der Waals surface area contributed by atoms with E-state index in [1.165, 1.54) is 11.8 Å². The molecule has 0 aliphatic carbocycles. The Morgan fingerprint density at radius 3 is 2.43 bits per heavy atom. The second-order valence-electron chi connectivity index (χ2n) is 6.69. The molecule has 0 aromatic heterocycles. The van der Waals surface area contributed by atoms with E-state index in [-0.39, 0.29) is 17.7 Å². The zero-order chi connectivity index (χ0) is 20.1. The summed E-state index contributed by atoms with van der Waals surface area (Å²) in [6, 6.07) is 6.97. The molecule has 0 saturated carbocycles. The van der Waals surface area contributed by atoms with Crippen LogP contribution in [0, 0.1) is 0 Å². The Kier molecular flexibility index (Phi) is 6.43. The number of carbonyl (C=O) groups excluding carboxylic acids is 3. The molecule has 0 bridgehead atoms. The van der Waals surface area contributed by atoms with Gasteiger partial charge in [0.2, 0.25) is 5.91 Å². The van der Waals surface area contributed by atoms with E-state index in [1.807, 2.05) is 4.90 Å². The van der Waals surface area contributed by atoms with Gasteiger partial charge >= 0.3 is 0 Å². The zero-order valence-electron chi connectivity index (χ0n) is 16.2. The molecule has 3 amide bonds. The van der Waals surface area contributed by atoms with Crippen molar-refractivity contribution in [3.05, 3.63) is 35.5 Å². The number of methoxy groups -OCH3 is 1. The Bertz CT molecular complexity index is 782. The topological polar surface area (TPSA) is 88.2 Å². The molecule has 0 radical (unpaired) electrons. The minimum absolute atomic E-state index is 0.169. The van der Waals surface area contributed by atoms with Crippen molar-refractivity contribution in [2.45, 2.75) is 13.3 Å². The summed E-state index contributed by atoms with van der Waals surface area (Å²) in [4.78, 5) is 40.6. The van der Waals surface area contributed by atoms with Crippen LogP contribution in [0.25, 0.3) is 5.57 Å². The highest BCUT2D eigenvalue weighted by atomic mass is 16.5. The van der Waals surface area contributed by atoms with Crippen molar-refractivity contribution in [2.75, 3.05) is 51.9 Å². The summed E-state index contributed by atoms with van der Waals surface area (Å²) in [5.41, 5.74) is 2.12. The van der Waals surface area contributed by atoms with Crippen LogP contribution in [-0.2, 0) is 23.9 Å². The second kappa shape index (κ2) is 8.99. The number of nitrogens with one attached hydrogen (secondary N) is 1. The van der Waals surface area contributed by atoms with E-state index < -0.39 is 0 Å². The highest BCUT2D eigenvalue weighted by Crippen LogP contribution is 2.32. The van der Waals surface area contributed by atoms with Gasteiger partial charge in [0, 0.05) is 46.0 Å². The summed E-state index contributed by atoms with van der Waals surface area (Å²) < 4.78 is 10.4. The van der Waals surface area contributed by atoms with Crippen LogP contribution in [-0.4, -0.2) is 74.1 Å². The van der Waals surface area contributed by atoms with Gasteiger partial charge in [0.15, 0.2) is 0 Å². The van der Waals surface area contributed by atoms with Gasteiger partial charge in [-0.2, -0.15) is 0 Å². The first kappa shape index (κ1) is 20.0. The maximum atomic E-state index is 13.1. The molecule has 0 atom stereocenters. The Morgan fingerprint density at radius 2 is 1.82 bits per heavy atom. The summed E-state index contributed by atoms with van der Waals surface area (Å²) in [6.45, 7) is 4.38. The largest absolute Gasteiger partial charge is 0.385 e. The number of ether oxygens (including phenoxy) is 2. The van der Waals surface area contributed by atoms with Gasteiger partial charge in [0.25, 0.3) is 11.8 Å². The van der Waals surface area contributed by atoms with Crippen LogP contribution in [0.5, 0.6) is 0 Å². The molecular weight excluding hydrogens is 362 g/mol. The maximum absolute atomic E-state index is 13.1. The Morgan fingerprint density at radius 1 is 1.14 bits per heavy atom. The molecule has 8 heteroatoms. The lowest BCUT2D eigenvalue weighted by Crippen LogP contribution is -2.40. The predicted octanol–water partition coefficient (Wildman–Crippen LogP) is 1.09. The summed E-state index contributed by atoms with van der Waals surface area (Å²) in [7, 11) is 1.59. The molecule has 8 nitrogen and oxygen atoms in total. The first-order valence-corrected chi connectivity index (χ1v) is 9.33. The third-order valence-electron chi connectivity index (χ3n) is 4.69. The first-order chi connectivity index (χ1) is 13.5. The molecule has 150 valence electrons. The molecule has 2 aliphatic rings. The van der Waals surface area contributed by atoms with Crippen LogP contribution < -0.4 is 5.32 Å². The number of imide groups is 1. The third-order valence-corrected chi connectivity index (χ3v) is 4.69. The minimum atomic E-state index is -0.296. The standard InChI is InChI=1S/C20H25N3O5/c1-14(24)21-16-6-4-15(5-7-16)17-18(22-9-12-28-13-10-22)20(26)23(19(17)25)8-3-11-27-2/h4-7H,3,8-13H2,1-2H3,(H,21,24). The van der Waals surface area contributed by atoms with Gasteiger partial charge in [0.1, 0.15) is 5.70 Å². The fourth-order valence-electron chi connectivity index (χ4n) is 3.40. The Hall–Kier alpha value is -2.71. The number of anilines is 1. The first-order valence-electron chi connectivity index (χ1n) is 9.33. The van der Waals surface area contributed by atoms with E-state index >= 15 is 0 Å². The van der Waals surface area contributed by atoms with Crippen LogP contribution in [0.2, 0.25) is 0 Å². The van der Waals surface area contributed by atoms with Crippen LogP contribution >= 0.6 is 0 Å². The summed E-state index contributed by atoms with van der Waals surface area (Å²) >= 11 is 0. The lowest BCUT2D eigenvalue weighted by molar-refractivity contribution is -0.138. The molecule has 2 aliphatic heterocycles. The van der Waals surface area contributed by atoms with Gasteiger partial charge < -0.3 is 19.7 Å². The van der Waals surface area contributed by atoms with Crippen LogP contribution in [0.4, 0.5) is 5.69 Å². The zero-order valence-corrected chi connectivity index (χ0v) is 16.2. The molecule has 3 rings (SSSR count). The molecule has 1 fully saturated rings. The quantitative estimate of drug-likeness (QED) is 0.557. The highest BCUT2D eigenvalue weighted by Gasteiger charge is 2.41. The van der Waals surface area contributed by atoms with Gasteiger partial charge in [-0.1, -0.05) is 12.1 Å². The molecule has 1 saturated heterocycles. The Labute approximate surface area is 164 Å². The lowest BCUT2D eigenvalue weighted by Gasteiger charge is -2.29. The van der Waals surface area contributed by atoms with E-state index in [4.69, 9.17) is 9.47 Å². The highest BCUT2D eigenvalue weighted by molar-refractivity contribution is 6.35. The van der Waals surface area contributed by atoms with Crippen LogP contribution in [0.3, 0.4) is 0 Å². The fraction of sp³-hybridized carbons (Fsp3) is 0.450. The smallest absolute Gasteiger partial charge is 0.277 e. The van der Waals surface area contributed by atoms with E-state index in [9.17, 15) is 14.4 Å². The maximum Gasteiger partial charge on any atom is 0.277 e. The van der Waals surface area contributed by atoms with Crippen LogP contribution in [0.15, 0.2) is 30.0 Å². The second-order valence-corrected chi connectivity index (χ2v) is 6.69. The van der Waals surface area contributed by atoms with Gasteiger partial charge in [0.05, 0.1) is 18.8 Å². The summed E-state index contributed by atoms with van der Waals surface area (Å²) in [5, 5.41) is 2.70. The monoisotopic (exact) mass is 387 g/mol. The van der Waals surface area contributed by atoms with E-state index in [1.54, 1.807) is 31.4 Å². The number of hydrogen-bond donors (Lipinski definition) is 1. The third kappa shape index (κ3) is 4.23. The average Bonchev–Trinajstić information content (AvgIpc) is 2.93. The van der Waals surface area contributed by atoms with Gasteiger partial charge in [-0.25, -0.2) is 0 Å². The number of benzene rings is 1.